The van der Waals surface area contributed by atoms with Crippen LogP contribution in [0.4, 0.5) is 13.2 Å². The van der Waals surface area contributed by atoms with Crippen LogP contribution >= 0.6 is 0 Å². The molecule has 0 saturated carbocycles. The highest BCUT2D eigenvalue weighted by atomic mass is 19.4. The first-order valence-electron chi connectivity index (χ1n) is 6.67. The number of benzene rings is 1. The Morgan fingerprint density at radius 2 is 1.67 bits per heavy atom. The summed E-state index contributed by atoms with van der Waals surface area (Å²) in [4.78, 5) is 11.7. The number of nitrogens with one attached hydrogen (secondary N) is 1. The number of hydrogen-bond donors (Lipinski definition) is 1. The van der Waals surface area contributed by atoms with Crippen LogP contribution in [0.15, 0.2) is 24.3 Å². The van der Waals surface area contributed by atoms with Crippen LogP contribution in [-0.4, -0.2) is 19.1 Å². The minimum absolute atomic E-state index is 0.00866. The Bertz CT molecular complexity index is 469. The van der Waals surface area contributed by atoms with E-state index in [0.29, 0.717) is 5.56 Å². The van der Waals surface area contributed by atoms with Gasteiger partial charge in [0.15, 0.2) is 0 Å². The second-order valence-electron chi connectivity index (χ2n) is 5.25. The van der Waals surface area contributed by atoms with Crippen molar-refractivity contribution in [2.24, 2.45) is 5.92 Å². The van der Waals surface area contributed by atoms with E-state index in [1.165, 1.54) is 19.2 Å². The molecule has 21 heavy (non-hydrogen) atoms. The van der Waals surface area contributed by atoms with Crippen molar-refractivity contribution in [2.45, 2.75) is 39.0 Å². The van der Waals surface area contributed by atoms with Gasteiger partial charge < -0.3 is 4.74 Å². The van der Waals surface area contributed by atoms with Gasteiger partial charge in [0, 0.05) is 6.04 Å². The summed E-state index contributed by atoms with van der Waals surface area (Å²) in [5.74, 6) is -0.377. The predicted octanol–water partition coefficient (Wildman–Crippen LogP) is 3.55. The first-order valence-corrected chi connectivity index (χ1v) is 6.67. The number of rotatable bonds is 5. The van der Waals surface area contributed by atoms with Gasteiger partial charge in [-0.05, 0) is 30.5 Å². The molecule has 1 aromatic carbocycles. The summed E-state index contributed by atoms with van der Waals surface area (Å²) >= 11 is 0. The zero-order chi connectivity index (χ0) is 16.2. The van der Waals surface area contributed by atoms with Gasteiger partial charge in [0.2, 0.25) is 0 Å². The molecule has 3 nitrogen and oxygen atoms in total. The van der Waals surface area contributed by atoms with Crippen LogP contribution in [0, 0.1) is 5.92 Å². The molecule has 2 atom stereocenters. The molecule has 0 bridgehead atoms. The lowest BCUT2D eigenvalue weighted by Crippen LogP contribution is -2.42. The quantitative estimate of drug-likeness (QED) is 0.845. The number of halogens is 3. The van der Waals surface area contributed by atoms with E-state index in [0.717, 1.165) is 12.1 Å². The van der Waals surface area contributed by atoms with Crippen molar-refractivity contribution in [1.82, 2.24) is 5.32 Å². The molecule has 0 radical (unpaired) electrons. The maximum Gasteiger partial charge on any atom is 0.416 e. The minimum Gasteiger partial charge on any atom is -0.468 e. The predicted molar refractivity (Wildman–Crippen MR) is 73.6 cm³/mol. The van der Waals surface area contributed by atoms with Gasteiger partial charge in [-0.1, -0.05) is 26.0 Å². The highest BCUT2D eigenvalue weighted by Gasteiger charge is 2.30. The van der Waals surface area contributed by atoms with Gasteiger partial charge in [0.05, 0.1) is 12.7 Å². The van der Waals surface area contributed by atoms with E-state index in [9.17, 15) is 18.0 Å². The largest absolute Gasteiger partial charge is 0.468 e. The number of hydrogen-bond acceptors (Lipinski definition) is 3. The first kappa shape index (κ1) is 17.5. The molecule has 0 aliphatic carbocycles. The number of ether oxygens (including phenoxy) is 1. The molecule has 0 amide bonds. The van der Waals surface area contributed by atoms with Crippen molar-refractivity contribution in [1.29, 1.82) is 0 Å². The highest BCUT2D eigenvalue weighted by Crippen LogP contribution is 2.30. The molecule has 6 heteroatoms. The smallest absolute Gasteiger partial charge is 0.416 e. The summed E-state index contributed by atoms with van der Waals surface area (Å²) in [6.45, 7) is 5.53. The lowest BCUT2D eigenvalue weighted by molar-refractivity contribution is -0.144. The molecule has 1 aromatic rings. The summed E-state index contributed by atoms with van der Waals surface area (Å²) in [6, 6.07) is 4.13. The number of carbonyl (C=O) groups excluding carboxylic acids is 1. The third-order valence-electron chi connectivity index (χ3n) is 3.29. The lowest BCUT2D eigenvalue weighted by atomic mass is 10.0. The average Bonchev–Trinajstić information content (AvgIpc) is 2.42. The standard InChI is InChI=1S/C15H20F3NO2/c1-9(2)13(14(20)21-4)19-10(3)11-5-7-12(8-6-11)15(16,17)18/h5-10,13,19H,1-4H3/t10?,13-/m0/s1. The van der Waals surface area contributed by atoms with Crippen molar-refractivity contribution >= 4 is 5.97 Å². The second kappa shape index (κ2) is 6.93. The van der Waals surface area contributed by atoms with Crippen LogP contribution in [-0.2, 0) is 15.7 Å². The van der Waals surface area contributed by atoms with E-state index in [1.54, 1.807) is 6.92 Å². The summed E-state index contributed by atoms with van der Waals surface area (Å²) in [5, 5.41) is 3.09. The Kier molecular flexibility index (Phi) is 5.78. The molecule has 1 N–H and O–H groups in total. The third kappa shape index (κ3) is 4.74. The van der Waals surface area contributed by atoms with Crippen LogP contribution in [0.5, 0.6) is 0 Å². The van der Waals surface area contributed by atoms with Crippen LogP contribution in [0.25, 0.3) is 0 Å². The van der Waals surface area contributed by atoms with Gasteiger partial charge >= 0.3 is 12.1 Å². The Morgan fingerprint density at radius 3 is 2.05 bits per heavy atom. The molecule has 118 valence electrons. The SMILES string of the molecule is COC(=O)[C@@H](NC(C)c1ccc(C(F)(F)F)cc1)C(C)C. The fraction of sp³-hybridized carbons (Fsp3) is 0.533. The summed E-state index contributed by atoms with van der Waals surface area (Å²) in [7, 11) is 1.31. The van der Waals surface area contributed by atoms with Crippen LogP contribution in [0.3, 0.4) is 0 Å². The van der Waals surface area contributed by atoms with Crippen molar-refractivity contribution in [3.05, 3.63) is 35.4 Å². The lowest BCUT2D eigenvalue weighted by Gasteiger charge is -2.24. The van der Waals surface area contributed by atoms with E-state index in [2.05, 4.69) is 5.32 Å². The molecule has 1 rings (SSSR count). The van der Waals surface area contributed by atoms with Crippen molar-refractivity contribution < 1.29 is 22.7 Å². The second-order valence-corrected chi connectivity index (χ2v) is 5.25. The van der Waals surface area contributed by atoms with E-state index in [4.69, 9.17) is 4.74 Å². The topological polar surface area (TPSA) is 38.3 Å². The van der Waals surface area contributed by atoms with E-state index in [1.807, 2.05) is 13.8 Å². The number of alkyl halides is 3. The Hall–Kier alpha value is -1.56. The monoisotopic (exact) mass is 303 g/mol. The summed E-state index contributed by atoms with van der Waals surface area (Å²) < 4.78 is 42.3. The average molecular weight is 303 g/mol. The molecular formula is C15H20F3NO2. The zero-order valence-corrected chi connectivity index (χ0v) is 12.5. The van der Waals surface area contributed by atoms with Gasteiger partial charge in [0.25, 0.3) is 0 Å². The molecule has 1 unspecified atom stereocenters. The fourth-order valence-electron chi connectivity index (χ4n) is 1.99. The Balaban J connectivity index is 2.83. The van der Waals surface area contributed by atoms with E-state index >= 15 is 0 Å². The van der Waals surface area contributed by atoms with Crippen molar-refractivity contribution in [2.75, 3.05) is 7.11 Å². The van der Waals surface area contributed by atoms with Crippen molar-refractivity contribution in [3.8, 4) is 0 Å². The van der Waals surface area contributed by atoms with Crippen molar-refractivity contribution in [3.63, 3.8) is 0 Å². The molecule has 0 aliphatic heterocycles. The van der Waals surface area contributed by atoms with Gasteiger partial charge in [-0.15, -0.1) is 0 Å². The van der Waals surface area contributed by atoms with Gasteiger partial charge in [-0.2, -0.15) is 13.2 Å². The number of methoxy groups -OCH3 is 1. The Labute approximate surface area is 122 Å². The molecule has 0 spiro atoms. The molecular weight excluding hydrogens is 283 g/mol. The zero-order valence-electron chi connectivity index (χ0n) is 12.5. The number of esters is 1. The van der Waals surface area contributed by atoms with Gasteiger partial charge in [-0.25, -0.2) is 0 Å². The normalized spacial score (nSPS) is 14.9. The van der Waals surface area contributed by atoms with Gasteiger partial charge in [-0.3, -0.25) is 10.1 Å². The molecule has 0 fully saturated rings. The van der Waals surface area contributed by atoms with Gasteiger partial charge in [0.1, 0.15) is 6.04 Å². The van der Waals surface area contributed by atoms with E-state index in [-0.39, 0.29) is 17.9 Å². The third-order valence-corrected chi connectivity index (χ3v) is 3.29. The van der Waals surface area contributed by atoms with E-state index < -0.39 is 17.8 Å². The molecule has 0 aromatic heterocycles. The van der Waals surface area contributed by atoms with Crippen LogP contribution in [0.1, 0.15) is 37.9 Å². The maximum atomic E-state index is 12.5. The fourth-order valence-corrected chi connectivity index (χ4v) is 1.99. The van der Waals surface area contributed by atoms with Crippen LogP contribution in [0.2, 0.25) is 0 Å². The highest BCUT2D eigenvalue weighted by molar-refractivity contribution is 5.76. The minimum atomic E-state index is -4.35. The first-order chi connectivity index (χ1) is 9.66. The summed E-state index contributed by atoms with van der Waals surface area (Å²) in [5.41, 5.74) is -0.00983. The summed E-state index contributed by atoms with van der Waals surface area (Å²) in [6.07, 6.45) is -4.35. The molecule has 0 aliphatic rings. The molecule has 0 saturated heterocycles. The number of carbonyl (C=O) groups is 1. The maximum absolute atomic E-state index is 12.5. The van der Waals surface area contributed by atoms with Crippen LogP contribution < -0.4 is 5.32 Å². The molecule has 0 heterocycles. The Morgan fingerprint density at radius 1 is 1.14 bits per heavy atom.